The minimum Gasteiger partial charge on any atom is -0.390 e. The van der Waals surface area contributed by atoms with E-state index in [0.29, 0.717) is 12.4 Å². The maximum absolute atomic E-state index is 8.69. The Morgan fingerprint density at radius 3 is 2.63 bits per heavy atom. The van der Waals surface area contributed by atoms with Crippen molar-refractivity contribution >= 4 is 17.2 Å². The van der Waals surface area contributed by atoms with Crippen molar-refractivity contribution < 1.29 is 9.57 Å². The second-order valence-corrected chi connectivity index (χ2v) is 7.43. The Bertz CT molecular complexity index is 708. The summed E-state index contributed by atoms with van der Waals surface area (Å²) >= 11 is 0. The van der Waals surface area contributed by atoms with Crippen LogP contribution >= 0.6 is 0 Å². The molecule has 27 heavy (non-hydrogen) atoms. The van der Waals surface area contributed by atoms with Gasteiger partial charge in [0.1, 0.15) is 11.9 Å². The number of anilines is 1. The summed E-state index contributed by atoms with van der Waals surface area (Å²) in [5.41, 5.74) is 9.87. The summed E-state index contributed by atoms with van der Waals surface area (Å²) in [6.45, 7) is 5.57. The number of rotatable bonds is 4. The van der Waals surface area contributed by atoms with Gasteiger partial charge in [-0.25, -0.2) is 0 Å². The molecule has 4 rings (SSSR count). The van der Waals surface area contributed by atoms with Gasteiger partial charge in [0.2, 0.25) is 0 Å². The molecule has 2 saturated heterocycles. The number of hydrogen-bond acceptors (Lipinski definition) is 6. The summed E-state index contributed by atoms with van der Waals surface area (Å²) in [6.07, 6.45) is 4.31. The zero-order valence-electron chi connectivity index (χ0n) is 15.8. The molecule has 0 spiro atoms. The van der Waals surface area contributed by atoms with E-state index in [0.717, 1.165) is 68.3 Å². The molecule has 3 heterocycles. The lowest BCUT2D eigenvalue weighted by Gasteiger charge is -2.32. The molecule has 0 bridgehead atoms. The molecule has 7 heteroatoms. The fraction of sp³-hybridized carbons (Fsp3) is 0.600. The van der Waals surface area contributed by atoms with Crippen LogP contribution in [0.2, 0.25) is 0 Å². The molecule has 2 fully saturated rings. The predicted molar refractivity (Wildman–Crippen MR) is 107 cm³/mol. The van der Waals surface area contributed by atoms with E-state index >= 15 is 0 Å². The number of oxime groups is 1. The van der Waals surface area contributed by atoms with Gasteiger partial charge in [0, 0.05) is 56.0 Å². The molecular weight excluding hydrogens is 342 g/mol. The first kappa shape index (κ1) is 18.3. The number of hydrogen-bond donors (Lipinski definition) is 2. The summed E-state index contributed by atoms with van der Waals surface area (Å²) in [5.74, 6) is 0.625. The summed E-state index contributed by atoms with van der Waals surface area (Å²) in [6, 6.07) is 6.30. The van der Waals surface area contributed by atoms with Gasteiger partial charge in [0.25, 0.3) is 0 Å². The molecule has 0 radical (unpaired) electrons. The van der Waals surface area contributed by atoms with E-state index in [1.807, 2.05) is 0 Å². The molecule has 3 aliphatic rings. The lowest BCUT2D eigenvalue weighted by atomic mass is 9.99. The molecule has 0 aromatic heterocycles. The van der Waals surface area contributed by atoms with E-state index in [-0.39, 0.29) is 6.10 Å². The summed E-state index contributed by atoms with van der Waals surface area (Å²) in [7, 11) is 0. The first-order valence-electron chi connectivity index (χ1n) is 10.00. The highest BCUT2D eigenvalue weighted by Gasteiger charge is 2.26. The van der Waals surface area contributed by atoms with Crippen molar-refractivity contribution in [1.29, 1.82) is 5.41 Å². The van der Waals surface area contributed by atoms with E-state index < -0.39 is 0 Å². The lowest BCUT2D eigenvalue weighted by molar-refractivity contribution is 0.0918. The second-order valence-electron chi connectivity index (χ2n) is 7.43. The van der Waals surface area contributed by atoms with E-state index in [1.165, 1.54) is 19.3 Å². The Hall–Kier alpha value is -2.12. The van der Waals surface area contributed by atoms with Gasteiger partial charge in [0.15, 0.2) is 0 Å². The highest BCUT2D eigenvalue weighted by Crippen LogP contribution is 2.29. The van der Waals surface area contributed by atoms with Crippen LogP contribution in [0.1, 0.15) is 36.8 Å². The van der Waals surface area contributed by atoms with Gasteiger partial charge in [-0.05, 0) is 25.3 Å². The molecule has 1 aromatic carbocycles. The van der Waals surface area contributed by atoms with Gasteiger partial charge in [-0.15, -0.1) is 0 Å². The van der Waals surface area contributed by atoms with Crippen molar-refractivity contribution in [2.24, 2.45) is 10.9 Å². The smallest absolute Gasteiger partial charge is 0.145 e. The minimum absolute atomic E-state index is 0.0381. The van der Waals surface area contributed by atoms with Crippen LogP contribution in [-0.4, -0.2) is 68.5 Å². The van der Waals surface area contributed by atoms with Crippen LogP contribution in [0.3, 0.4) is 0 Å². The van der Waals surface area contributed by atoms with E-state index in [2.05, 4.69) is 33.2 Å². The van der Waals surface area contributed by atoms with Crippen molar-refractivity contribution in [2.45, 2.75) is 31.8 Å². The first-order chi connectivity index (χ1) is 13.3. The molecular formula is C20H29N5O2. The topological polar surface area (TPSA) is 87.2 Å². The molecule has 0 aliphatic carbocycles. The number of nitrogens with zero attached hydrogens (tertiary/aromatic N) is 3. The third-order valence-corrected chi connectivity index (χ3v) is 5.60. The number of ether oxygens (including phenoxy) is 1. The van der Waals surface area contributed by atoms with Crippen LogP contribution < -0.4 is 10.6 Å². The fourth-order valence-corrected chi connectivity index (χ4v) is 4.00. The van der Waals surface area contributed by atoms with Crippen LogP contribution in [0, 0.1) is 5.41 Å². The average Bonchev–Trinajstić information content (AvgIpc) is 3.23. The van der Waals surface area contributed by atoms with Gasteiger partial charge in [-0.1, -0.05) is 17.3 Å². The maximum atomic E-state index is 8.69. The van der Waals surface area contributed by atoms with E-state index in [1.54, 1.807) is 0 Å². The molecule has 1 atom stereocenters. The Balaban J connectivity index is 1.64. The Morgan fingerprint density at radius 1 is 1.15 bits per heavy atom. The molecule has 0 saturated carbocycles. The van der Waals surface area contributed by atoms with Crippen LogP contribution in [0.25, 0.3) is 0 Å². The number of nitrogens with one attached hydrogen (secondary N) is 1. The summed E-state index contributed by atoms with van der Waals surface area (Å²) < 4.78 is 5.53. The van der Waals surface area contributed by atoms with Gasteiger partial charge in [-0.3, -0.25) is 5.41 Å². The van der Waals surface area contributed by atoms with Crippen LogP contribution in [0.15, 0.2) is 23.4 Å². The number of nitrogens with two attached hydrogens (primary N) is 1. The van der Waals surface area contributed by atoms with Crippen LogP contribution in [0.4, 0.5) is 5.69 Å². The number of morpholine rings is 1. The van der Waals surface area contributed by atoms with Gasteiger partial charge in [0.05, 0.1) is 18.9 Å². The number of likely N-dealkylation sites (tertiary alicyclic amines) is 1. The quantitative estimate of drug-likeness (QED) is 0.622. The predicted octanol–water partition coefficient (Wildman–Crippen LogP) is 1.79. The monoisotopic (exact) mass is 371 g/mol. The minimum atomic E-state index is -0.0381. The maximum Gasteiger partial charge on any atom is 0.145 e. The number of piperidine rings is 1. The second kappa shape index (κ2) is 8.27. The van der Waals surface area contributed by atoms with Crippen molar-refractivity contribution in [2.75, 3.05) is 50.8 Å². The van der Waals surface area contributed by atoms with Crippen LogP contribution in [0.5, 0.6) is 0 Å². The van der Waals surface area contributed by atoms with E-state index in [4.69, 9.17) is 20.7 Å². The zero-order valence-corrected chi connectivity index (χ0v) is 15.8. The number of benzene rings is 1. The largest absolute Gasteiger partial charge is 0.390 e. The molecule has 146 valence electrons. The summed E-state index contributed by atoms with van der Waals surface area (Å²) in [4.78, 5) is 9.99. The Kier molecular flexibility index (Phi) is 5.59. The Morgan fingerprint density at radius 2 is 1.93 bits per heavy atom. The van der Waals surface area contributed by atoms with Crippen LogP contribution in [-0.2, 0) is 9.57 Å². The Labute approximate surface area is 160 Å². The van der Waals surface area contributed by atoms with E-state index in [9.17, 15) is 0 Å². The SMILES string of the molecule is N=C(c1ccc(C2=NOC(CN)C2)c(N2CCOCC2)c1)N1CCCCC1. The normalized spacial score (nSPS) is 23.1. The molecule has 3 N–H and O–H groups in total. The highest BCUT2D eigenvalue weighted by atomic mass is 16.6. The van der Waals surface area contributed by atoms with Gasteiger partial charge < -0.3 is 25.1 Å². The molecule has 1 unspecified atom stereocenters. The first-order valence-corrected chi connectivity index (χ1v) is 10.00. The summed E-state index contributed by atoms with van der Waals surface area (Å²) in [5, 5.41) is 13.0. The molecule has 1 aromatic rings. The number of amidine groups is 1. The molecule has 7 nitrogen and oxygen atoms in total. The molecule has 0 amide bonds. The van der Waals surface area contributed by atoms with Crippen molar-refractivity contribution in [3.05, 3.63) is 29.3 Å². The third-order valence-electron chi connectivity index (χ3n) is 5.60. The van der Waals surface area contributed by atoms with Gasteiger partial charge >= 0.3 is 0 Å². The third kappa shape index (κ3) is 3.94. The highest BCUT2D eigenvalue weighted by molar-refractivity contribution is 6.07. The standard InChI is InChI=1S/C20H29N5O2/c21-14-16-13-18(23-27-16)17-5-4-15(20(22)25-6-2-1-3-7-25)12-19(17)24-8-10-26-11-9-24/h4-5,12,16,22H,1-3,6-11,13-14,21H2. The lowest BCUT2D eigenvalue weighted by Crippen LogP contribution is -2.38. The van der Waals surface area contributed by atoms with Crippen molar-refractivity contribution in [3.63, 3.8) is 0 Å². The van der Waals surface area contributed by atoms with Crippen molar-refractivity contribution in [1.82, 2.24) is 4.90 Å². The van der Waals surface area contributed by atoms with Crippen molar-refractivity contribution in [3.8, 4) is 0 Å². The average molecular weight is 371 g/mol. The fourth-order valence-electron chi connectivity index (χ4n) is 4.00. The molecule has 3 aliphatic heterocycles. The zero-order chi connectivity index (χ0) is 18.6. The van der Waals surface area contributed by atoms with Gasteiger partial charge in [-0.2, -0.15) is 0 Å².